The predicted octanol–water partition coefficient (Wildman–Crippen LogP) is 0.729. The third-order valence-corrected chi connectivity index (χ3v) is 3.45. The van der Waals surface area contributed by atoms with Gasteiger partial charge in [0.2, 0.25) is 0 Å². The van der Waals surface area contributed by atoms with Gasteiger partial charge in [0, 0.05) is 19.2 Å². The highest BCUT2D eigenvalue weighted by Gasteiger charge is 2.38. The summed E-state index contributed by atoms with van der Waals surface area (Å²) >= 11 is 0. The fourth-order valence-corrected chi connectivity index (χ4v) is 2.58. The number of hydrogen-bond donors (Lipinski definition) is 1. The first-order chi connectivity index (χ1) is 9.88. The van der Waals surface area contributed by atoms with Crippen LogP contribution < -0.4 is 4.74 Å². The lowest BCUT2D eigenvalue weighted by molar-refractivity contribution is -0.133. The van der Waals surface area contributed by atoms with Crippen LogP contribution >= 0.6 is 0 Å². The fourth-order valence-electron chi connectivity index (χ4n) is 2.58. The SMILES string of the molecule is CN(C)C[C@]1(O)CCN(C(=O)COc2cccc(F)c2)C1. The number of amides is 1. The molecule has 116 valence electrons. The maximum atomic E-state index is 13.0. The third-order valence-electron chi connectivity index (χ3n) is 3.45. The fraction of sp³-hybridized carbons (Fsp3) is 0.533. The molecule has 1 atom stereocenters. The zero-order valence-electron chi connectivity index (χ0n) is 12.4. The molecule has 6 heteroatoms. The van der Waals surface area contributed by atoms with Gasteiger partial charge in [-0.25, -0.2) is 4.39 Å². The molecule has 1 aromatic carbocycles. The van der Waals surface area contributed by atoms with E-state index in [2.05, 4.69) is 0 Å². The van der Waals surface area contributed by atoms with Gasteiger partial charge in [-0.05, 0) is 32.6 Å². The van der Waals surface area contributed by atoms with Crippen molar-refractivity contribution in [3.8, 4) is 5.75 Å². The van der Waals surface area contributed by atoms with Crippen molar-refractivity contribution >= 4 is 5.91 Å². The maximum absolute atomic E-state index is 13.0. The van der Waals surface area contributed by atoms with Crippen LogP contribution in [-0.2, 0) is 4.79 Å². The second kappa shape index (κ2) is 6.41. The van der Waals surface area contributed by atoms with Crippen molar-refractivity contribution in [1.29, 1.82) is 0 Å². The van der Waals surface area contributed by atoms with E-state index in [1.165, 1.54) is 18.2 Å². The number of carbonyl (C=O) groups excluding carboxylic acids is 1. The molecule has 0 aromatic heterocycles. The monoisotopic (exact) mass is 296 g/mol. The number of nitrogens with zero attached hydrogens (tertiary/aromatic N) is 2. The zero-order valence-corrected chi connectivity index (χ0v) is 12.4. The summed E-state index contributed by atoms with van der Waals surface area (Å²) in [5, 5.41) is 10.4. The Hall–Kier alpha value is -1.66. The van der Waals surface area contributed by atoms with Crippen molar-refractivity contribution in [2.75, 3.05) is 40.3 Å². The molecule has 1 aliphatic rings. The van der Waals surface area contributed by atoms with Gasteiger partial charge in [0.25, 0.3) is 5.91 Å². The molecule has 1 aromatic rings. The van der Waals surface area contributed by atoms with E-state index in [0.29, 0.717) is 31.8 Å². The number of β-amino-alcohol motifs (C(OH)–C–C–N with tert-alkyl or cyclic N) is 1. The molecule has 0 unspecified atom stereocenters. The van der Waals surface area contributed by atoms with Crippen molar-refractivity contribution in [3.63, 3.8) is 0 Å². The number of likely N-dealkylation sites (N-methyl/N-ethyl adjacent to an activating group) is 1. The number of carbonyl (C=O) groups is 1. The summed E-state index contributed by atoms with van der Waals surface area (Å²) in [7, 11) is 3.77. The molecular weight excluding hydrogens is 275 g/mol. The molecule has 1 saturated heterocycles. The van der Waals surface area contributed by atoms with Gasteiger partial charge in [-0.3, -0.25) is 4.79 Å². The number of hydrogen-bond acceptors (Lipinski definition) is 4. The van der Waals surface area contributed by atoms with Crippen LogP contribution in [-0.4, -0.2) is 66.8 Å². The average molecular weight is 296 g/mol. The molecule has 21 heavy (non-hydrogen) atoms. The molecule has 2 rings (SSSR count). The summed E-state index contributed by atoms with van der Waals surface area (Å²) in [4.78, 5) is 15.5. The van der Waals surface area contributed by atoms with Gasteiger partial charge < -0.3 is 19.6 Å². The third kappa shape index (κ3) is 4.41. The van der Waals surface area contributed by atoms with Gasteiger partial charge in [-0.1, -0.05) is 6.07 Å². The minimum absolute atomic E-state index is 0.151. The highest BCUT2D eigenvalue weighted by atomic mass is 19.1. The lowest BCUT2D eigenvalue weighted by Crippen LogP contribution is -2.44. The molecule has 0 saturated carbocycles. The number of aliphatic hydroxyl groups is 1. The van der Waals surface area contributed by atoms with Gasteiger partial charge in [-0.2, -0.15) is 0 Å². The molecule has 0 radical (unpaired) electrons. The van der Waals surface area contributed by atoms with Crippen molar-refractivity contribution in [2.24, 2.45) is 0 Å². The standard InChI is InChI=1S/C15H21FN2O3/c1-17(2)10-15(20)6-7-18(11-15)14(19)9-21-13-5-3-4-12(16)8-13/h3-5,8,20H,6-7,9-11H2,1-2H3/t15-/m1/s1. The Morgan fingerprint density at radius 1 is 1.52 bits per heavy atom. The van der Waals surface area contributed by atoms with E-state index in [4.69, 9.17) is 4.74 Å². The average Bonchev–Trinajstić information content (AvgIpc) is 2.77. The van der Waals surface area contributed by atoms with Crippen LogP contribution in [0.2, 0.25) is 0 Å². The molecule has 5 nitrogen and oxygen atoms in total. The van der Waals surface area contributed by atoms with Crippen molar-refractivity contribution in [2.45, 2.75) is 12.0 Å². The van der Waals surface area contributed by atoms with Crippen molar-refractivity contribution in [3.05, 3.63) is 30.1 Å². The van der Waals surface area contributed by atoms with Gasteiger partial charge >= 0.3 is 0 Å². The zero-order chi connectivity index (χ0) is 15.5. The van der Waals surface area contributed by atoms with Crippen molar-refractivity contribution < 1.29 is 19.0 Å². The molecule has 1 aliphatic heterocycles. The van der Waals surface area contributed by atoms with E-state index in [1.54, 1.807) is 11.0 Å². The number of rotatable bonds is 5. The van der Waals surface area contributed by atoms with Crippen LogP contribution in [0.5, 0.6) is 5.75 Å². The first-order valence-electron chi connectivity index (χ1n) is 6.91. The van der Waals surface area contributed by atoms with Gasteiger partial charge in [0.1, 0.15) is 11.6 Å². The lowest BCUT2D eigenvalue weighted by atomic mass is 10.0. The highest BCUT2D eigenvalue weighted by molar-refractivity contribution is 5.78. The second-order valence-corrected chi connectivity index (χ2v) is 5.77. The summed E-state index contributed by atoms with van der Waals surface area (Å²) in [6, 6.07) is 5.68. The molecule has 1 amide bonds. The Balaban J connectivity index is 1.85. The molecule has 1 fully saturated rings. The quantitative estimate of drug-likeness (QED) is 0.870. The van der Waals surface area contributed by atoms with Crippen LogP contribution in [0, 0.1) is 5.82 Å². The smallest absolute Gasteiger partial charge is 0.260 e. The molecule has 0 bridgehead atoms. The lowest BCUT2D eigenvalue weighted by Gasteiger charge is -2.26. The van der Waals surface area contributed by atoms with Crippen LogP contribution in [0.4, 0.5) is 4.39 Å². The summed E-state index contributed by atoms with van der Waals surface area (Å²) in [5.41, 5.74) is -0.863. The maximum Gasteiger partial charge on any atom is 0.260 e. The van der Waals surface area contributed by atoms with E-state index in [9.17, 15) is 14.3 Å². The minimum atomic E-state index is -0.863. The van der Waals surface area contributed by atoms with Gasteiger partial charge in [-0.15, -0.1) is 0 Å². The molecular formula is C15H21FN2O3. The summed E-state index contributed by atoms with van der Waals surface area (Å²) in [6.45, 7) is 1.18. The minimum Gasteiger partial charge on any atom is -0.484 e. The first kappa shape index (κ1) is 15.7. The number of likely N-dealkylation sites (tertiary alicyclic amines) is 1. The number of benzene rings is 1. The van der Waals surface area contributed by atoms with E-state index in [1.807, 2.05) is 19.0 Å². The Morgan fingerprint density at radius 3 is 2.95 bits per heavy atom. The topological polar surface area (TPSA) is 53.0 Å². The van der Waals surface area contributed by atoms with Gasteiger partial charge in [0.15, 0.2) is 6.61 Å². The predicted molar refractivity (Wildman–Crippen MR) is 76.6 cm³/mol. The summed E-state index contributed by atoms with van der Waals surface area (Å²) < 4.78 is 18.3. The Kier molecular flexibility index (Phi) is 4.80. The molecule has 0 aliphatic carbocycles. The van der Waals surface area contributed by atoms with Crippen LogP contribution in [0.1, 0.15) is 6.42 Å². The Morgan fingerprint density at radius 2 is 2.29 bits per heavy atom. The van der Waals surface area contributed by atoms with Crippen molar-refractivity contribution in [1.82, 2.24) is 9.80 Å². The van der Waals surface area contributed by atoms with Crippen LogP contribution in [0.3, 0.4) is 0 Å². The molecule has 1 heterocycles. The molecule has 0 spiro atoms. The van der Waals surface area contributed by atoms with E-state index < -0.39 is 11.4 Å². The highest BCUT2D eigenvalue weighted by Crippen LogP contribution is 2.22. The van der Waals surface area contributed by atoms with Crippen LogP contribution in [0.25, 0.3) is 0 Å². The van der Waals surface area contributed by atoms with E-state index in [-0.39, 0.29) is 12.5 Å². The number of ether oxygens (including phenoxy) is 1. The summed E-state index contributed by atoms with van der Waals surface area (Å²) in [5.74, 6) is -0.276. The first-order valence-corrected chi connectivity index (χ1v) is 6.91. The molecule has 1 N–H and O–H groups in total. The van der Waals surface area contributed by atoms with Gasteiger partial charge in [0.05, 0.1) is 12.1 Å². The largest absolute Gasteiger partial charge is 0.484 e. The summed E-state index contributed by atoms with van der Waals surface area (Å²) in [6.07, 6.45) is 0.552. The van der Waals surface area contributed by atoms with Crippen LogP contribution in [0.15, 0.2) is 24.3 Å². The van der Waals surface area contributed by atoms with E-state index in [0.717, 1.165) is 0 Å². The van der Waals surface area contributed by atoms with E-state index >= 15 is 0 Å². The Labute approximate surface area is 123 Å². The number of halogens is 1. The second-order valence-electron chi connectivity index (χ2n) is 5.77. The normalized spacial score (nSPS) is 21.9. The Bertz CT molecular complexity index is 509.